The monoisotopic (exact) mass is 660 g/mol. The smallest absolute Gasteiger partial charge is 0.309 e. The summed E-state index contributed by atoms with van der Waals surface area (Å²) in [5, 5.41) is 0.180. The standard InChI is InChI=1S/C33H38F2N2O8S/c1-18(2)11-28(39)37-16-20-13-24(41-4)31(30(35)22(20)17-37)43-8-6-9-44-32-25(42-5)15-26-21(29(32)34)14-27(46-26)23(38)12-19(3)33(40)45-10-7-36/h13-15,19H,1,6-12,16-17,36H2,2-5H3/t19-/m0/s1. The van der Waals surface area contributed by atoms with Gasteiger partial charge in [-0.15, -0.1) is 11.3 Å². The molecule has 0 saturated carbocycles. The Labute approximate surface area is 270 Å². The molecule has 10 nitrogen and oxygen atoms in total. The summed E-state index contributed by atoms with van der Waals surface area (Å²) in [4.78, 5) is 39.2. The molecule has 1 atom stereocenters. The van der Waals surface area contributed by atoms with E-state index in [-0.39, 0.29) is 104 Å². The van der Waals surface area contributed by atoms with Crippen LogP contribution in [0.15, 0.2) is 30.4 Å². The summed E-state index contributed by atoms with van der Waals surface area (Å²) in [6.45, 7) is 7.79. The van der Waals surface area contributed by atoms with E-state index in [0.29, 0.717) is 15.8 Å². The summed E-state index contributed by atoms with van der Waals surface area (Å²) >= 11 is 1.09. The molecule has 0 aliphatic carbocycles. The van der Waals surface area contributed by atoms with E-state index in [4.69, 9.17) is 29.4 Å². The van der Waals surface area contributed by atoms with Gasteiger partial charge in [0.05, 0.1) is 38.2 Å². The number of carbonyl (C=O) groups is 3. The van der Waals surface area contributed by atoms with E-state index in [0.717, 1.165) is 16.9 Å². The van der Waals surface area contributed by atoms with Crippen molar-refractivity contribution in [3.05, 3.63) is 58.0 Å². The van der Waals surface area contributed by atoms with E-state index in [1.165, 1.54) is 20.3 Å². The minimum Gasteiger partial charge on any atom is -0.493 e. The third-order valence-electron chi connectivity index (χ3n) is 7.33. The van der Waals surface area contributed by atoms with Crippen molar-refractivity contribution < 1.29 is 46.8 Å². The summed E-state index contributed by atoms with van der Waals surface area (Å²) in [7, 11) is 2.78. The highest BCUT2D eigenvalue weighted by Gasteiger charge is 2.30. The summed E-state index contributed by atoms with van der Waals surface area (Å²) in [6.07, 6.45) is 0.349. The van der Waals surface area contributed by atoms with Crippen LogP contribution in [0.4, 0.5) is 8.78 Å². The summed E-state index contributed by atoms with van der Waals surface area (Å²) in [5.41, 5.74) is 7.10. The van der Waals surface area contributed by atoms with Gasteiger partial charge in [0.15, 0.2) is 40.4 Å². The van der Waals surface area contributed by atoms with Crippen LogP contribution in [0.25, 0.3) is 10.1 Å². The lowest BCUT2D eigenvalue weighted by atomic mass is 10.0. The molecule has 4 rings (SSSR count). The maximum Gasteiger partial charge on any atom is 0.309 e. The van der Waals surface area contributed by atoms with Crippen LogP contribution in [0.1, 0.15) is 53.9 Å². The Bertz CT molecular complexity index is 1640. The van der Waals surface area contributed by atoms with Crippen LogP contribution in [-0.2, 0) is 27.4 Å². The van der Waals surface area contributed by atoms with Gasteiger partial charge in [0.1, 0.15) is 6.61 Å². The Hall–Kier alpha value is -4.23. The van der Waals surface area contributed by atoms with Gasteiger partial charge in [0.25, 0.3) is 0 Å². The molecule has 0 radical (unpaired) electrons. The van der Waals surface area contributed by atoms with Crippen LogP contribution in [0.5, 0.6) is 23.0 Å². The summed E-state index contributed by atoms with van der Waals surface area (Å²) in [5.74, 6) is -2.81. The van der Waals surface area contributed by atoms with Crippen molar-refractivity contribution >= 4 is 39.1 Å². The zero-order valence-electron chi connectivity index (χ0n) is 26.3. The number of thiophene rings is 1. The number of Topliss-reactive ketones (excluding diaryl/α,β-unsaturated/α-hetero) is 1. The minimum absolute atomic E-state index is 0.00912. The maximum absolute atomic E-state index is 15.6. The number of nitrogens with two attached hydrogens (primary N) is 1. The first-order valence-corrected chi connectivity index (χ1v) is 15.6. The zero-order valence-corrected chi connectivity index (χ0v) is 27.2. The van der Waals surface area contributed by atoms with Gasteiger partial charge in [0, 0.05) is 60.6 Å². The van der Waals surface area contributed by atoms with E-state index < -0.39 is 23.5 Å². The Kier molecular flexibility index (Phi) is 11.6. The highest BCUT2D eigenvalue weighted by atomic mass is 32.1. The first kappa shape index (κ1) is 34.6. The highest BCUT2D eigenvalue weighted by molar-refractivity contribution is 7.20. The number of nitrogens with zero attached hydrogens (tertiary/aromatic N) is 1. The van der Waals surface area contributed by atoms with Crippen LogP contribution >= 0.6 is 11.3 Å². The summed E-state index contributed by atoms with van der Waals surface area (Å²) in [6, 6.07) is 4.68. The van der Waals surface area contributed by atoms with Gasteiger partial charge in [-0.25, -0.2) is 8.78 Å². The molecule has 0 fully saturated rings. The van der Waals surface area contributed by atoms with Crippen molar-refractivity contribution in [3.8, 4) is 23.0 Å². The average Bonchev–Trinajstić information content (AvgIpc) is 3.66. The number of hydrogen-bond acceptors (Lipinski definition) is 10. The van der Waals surface area contributed by atoms with Gasteiger partial charge < -0.3 is 34.3 Å². The fourth-order valence-electron chi connectivity index (χ4n) is 4.99. The quantitative estimate of drug-likeness (QED) is 0.0909. The highest BCUT2D eigenvalue weighted by Crippen LogP contribution is 2.41. The van der Waals surface area contributed by atoms with Gasteiger partial charge in [-0.3, -0.25) is 14.4 Å². The van der Waals surface area contributed by atoms with Gasteiger partial charge in [-0.2, -0.15) is 0 Å². The molecule has 3 aromatic rings. The second kappa shape index (κ2) is 15.4. The molecule has 0 bridgehead atoms. The van der Waals surface area contributed by atoms with Crippen molar-refractivity contribution in [3.63, 3.8) is 0 Å². The van der Waals surface area contributed by atoms with E-state index in [9.17, 15) is 14.4 Å². The molecule has 0 saturated heterocycles. The van der Waals surface area contributed by atoms with Crippen LogP contribution in [-0.4, -0.2) is 63.1 Å². The second-order valence-corrected chi connectivity index (χ2v) is 12.1. The Balaban J connectivity index is 1.39. The van der Waals surface area contributed by atoms with Crippen LogP contribution in [0, 0.1) is 17.6 Å². The molecular formula is C33H38F2N2O8S. The van der Waals surface area contributed by atoms with E-state index in [2.05, 4.69) is 6.58 Å². The molecule has 13 heteroatoms. The maximum atomic E-state index is 15.6. The molecule has 248 valence electrons. The molecule has 1 aliphatic rings. The predicted molar refractivity (Wildman–Crippen MR) is 169 cm³/mol. The largest absolute Gasteiger partial charge is 0.493 e. The molecule has 2 N–H and O–H groups in total. The molecule has 46 heavy (non-hydrogen) atoms. The number of carbonyl (C=O) groups excluding carboxylic acids is 3. The number of halogens is 2. The van der Waals surface area contributed by atoms with Crippen molar-refractivity contribution in [1.29, 1.82) is 0 Å². The molecule has 1 amide bonds. The SMILES string of the molecule is C=C(C)CC(=O)N1Cc2cc(OC)c(OCCCOc3c(OC)cc4sc(C(=O)C[C@H](C)C(=O)OCCN)cc4c3F)c(F)c2C1. The van der Waals surface area contributed by atoms with Crippen molar-refractivity contribution in [1.82, 2.24) is 4.90 Å². The normalized spacial score (nSPS) is 12.9. The van der Waals surface area contributed by atoms with Gasteiger partial charge >= 0.3 is 5.97 Å². The molecule has 1 aliphatic heterocycles. The fraction of sp³-hybridized carbons (Fsp3) is 0.424. The summed E-state index contributed by atoms with van der Waals surface area (Å²) < 4.78 is 58.8. The van der Waals surface area contributed by atoms with Crippen LogP contribution < -0.4 is 24.7 Å². The van der Waals surface area contributed by atoms with E-state index >= 15 is 8.78 Å². The second-order valence-electron chi connectivity index (χ2n) is 11.0. The number of fused-ring (bicyclic) bond motifs is 2. The lowest BCUT2D eigenvalue weighted by Gasteiger charge is -2.15. The van der Waals surface area contributed by atoms with Gasteiger partial charge in [0.2, 0.25) is 5.91 Å². The molecule has 2 heterocycles. The number of benzene rings is 2. The number of ketones is 1. The number of ether oxygens (including phenoxy) is 5. The predicted octanol–water partition coefficient (Wildman–Crippen LogP) is 5.56. The number of rotatable bonds is 16. The minimum atomic E-state index is -0.696. The Morgan fingerprint density at radius 1 is 1.00 bits per heavy atom. The fourth-order valence-corrected chi connectivity index (χ4v) is 6.02. The molecule has 0 spiro atoms. The van der Waals surface area contributed by atoms with Gasteiger partial charge in [-0.05, 0) is 24.6 Å². The molecule has 1 aromatic heterocycles. The Morgan fingerprint density at radius 3 is 2.28 bits per heavy atom. The third-order valence-corrected chi connectivity index (χ3v) is 8.45. The number of esters is 1. The Morgan fingerprint density at radius 2 is 1.65 bits per heavy atom. The number of methoxy groups -OCH3 is 2. The van der Waals surface area contributed by atoms with E-state index in [1.807, 2.05) is 0 Å². The zero-order chi connectivity index (χ0) is 33.5. The van der Waals surface area contributed by atoms with Crippen molar-refractivity contribution in [2.75, 3.05) is 40.6 Å². The lowest BCUT2D eigenvalue weighted by Crippen LogP contribution is -2.25. The molecule has 2 aromatic carbocycles. The number of hydrogen-bond donors (Lipinski definition) is 1. The topological polar surface area (TPSA) is 127 Å². The average molecular weight is 661 g/mol. The van der Waals surface area contributed by atoms with Crippen LogP contribution in [0.3, 0.4) is 0 Å². The molecular weight excluding hydrogens is 622 g/mol. The van der Waals surface area contributed by atoms with Crippen molar-refractivity contribution in [2.24, 2.45) is 11.7 Å². The van der Waals surface area contributed by atoms with Crippen LogP contribution in [0.2, 0.25) is 0 Å². The van der Waals surface area contributed by atoms with E-state index in [1.54, 1.807) is 30.9 Å². The van der Waals surface area contributed by atoms with Gasteiger partial charge in [-0.1, -0.05) is 19.1 Å². The third kappa shape index (κ3) is 7.76. The number of amides is 1. The lowest BCUT2D eigenvalue weighted by molar-refractivity contribution is -0.147. The first-order valence-electron chi connectivity index (χ1n) is 14.7. The first-order chi connectivity index (χ1) is 22.0. The van der Waals surface area contributed by atoms with Crippen molar-refractivity contribution in [2.45, 2.75) is 46.2 Å². The molecule has 0 unspecified atom stereocenters.